The lowest BCUT2D eigenvalue weighted by Crippen LogP contribution is -2.49. The van der Waals surface area contributed by atoms with Crippen molar-refractivity contribution in [2.45, 2.75) is 27.2 Å². The van der Waals surface area contributed by atoms with Gasteiger partial charge in [0.05, 0.1) is 10.6 Å². The minimum Gasteiger partial charge on any atom is -0.336 e. The maximum absolute atomic E-state index is 12.5. The van der Waals surface area contributed by atoms with Gasteiger partial charge in [-0.3, -0.25) is 9.69 Å². The molecule has 1 saturated heterocycles. The summed E-state index contributed by atoms with van der Waals surface area (Å²) in [5, 5.41) is 0.540. The van der Waals surface area contributed by atoms with Crippen molar-refractivity contribution < 1.29 is 4.79 Å². The number of amides is 1. The Kier molecular flexibility index (Phi) is 5.28. The van der Waals surface area contributed by atoms with Crippen LogP contribution < -0.4 is 0 Å². The van der Waals surface area contributed by atoms with Crippen molar-refractivity contribution in [3.05, 3.63) is 34.9 Å². The van der Waals surface area contributed by atoms with Crippen LogP contribution in [-0.2, 0) is 0 Å². The van der Waals surface area contributed by atoms with Gasteiger partial charge in [-0.2, -0.15) is 0 Å². The summed E-state index contributed by atoms with van der Waals surface area (Å²) < 4.78 is 0. The highest BCUT2D eigenvalue weighted by Crippen LogP contribution is 2.20. The fraction of sp³-hybridized carbons (Fsp3) is 0.588. The zero-order valence-electron chi connectivity index (χ0n) is 13.2. The summed E-state index contributed by atoms with van der Waals surface area (Å²) in [7, 11) is 0. The van der Waals surface area contributed by atoms with Crippen LogP contribution in [0.4, 0.5) is 0 Å². The quantitative estimate of drug-likeness (QED) is 0.853. The summed E-state index contributed by atoms with van der Waals surface area (Å²) >= 11 is 6.11. The smallest absolute Gasteiger partial charge is 0.255 e. The Labute approximate surface area is 132 Å². The van der Waals surface area contributed by atoms with Crippen molar-refractivity contribution in [1.29, 1.82) is 0 Å². The molecule has 1 amide bonds. The number of piperazine rings is 1. The van der Waals surface area contributed by atoms with Crippen LogP contribution >= 0.6 is 11.6 Å². The van der Waals surface area contributed by atoms with Crippen LogP contribution in [0.25, 0.3) is 0 Å². The van der Waals surface area contributed by atoms with E-state index >= 15 is 0 Å². The predicted octanol–water partition coefficient (Wildman–Crippen LogP) is 3.53. The predicted molar refractivity (Wildman–Crippen MR) is 87.9 cm³/mol. The summed E-state index contributed by atoms with van der Waals surface area (Å²) in [6.45, 7) is 11.4. The Bertz CT molecular complexity index is 488. The summed E-state index contributed by atoms with van der Waals surface area (Å²) in [5.41, 5.74) is 0.979. The van der Waals surface area contributed by atoms with E-state index in [1.807, 2.05) is 17.0 Å². The average molecular weight is 309 g/mol. The molecule has 116 valence electrons. The van der Waals surface area contributed by atoms with E-state index in [0.717, 1.165) is 32.7 Å². The molecule has 0 bridgehead atoms. The van der Waals surface area contributed by atoms with Gasteiger partial charge in [0.1, 0.15) is 0 Å². The maximum atomic E-state index is 12.5. The second-order valence-electron chi connectivity index (χ2n) is 6.92. The summed E-state index contributed by atoms with van der Waals surface area (Å²) in [5.74, 6) is 0.0519. The summed E-state index contributed by atoms with van der Waals surface area (Å²) in [4.78, 5) is 16.8. The Balaban J connectivity index is 1.87. The number of rotatable bonds is 3. The molecule has 1 aromatic carbocycles. The van der Waals surface area contributed by atoms with Crippen molar-refractivity contribution in [2.24, 2.45) is 5.41 Å². The molecular formula is C17H25ClN2O. The molecule has 1 fully saturated rings. The minimum absolute atomic E-state index is 0.0519. The molecule has 0 atom stereocenters. The molecular weight excluding hydrogens is 284 g/mol. The number of carbonyl (C=O) groups is 1. The van der Waals surface area contributed by atoms with Gasteiger partial charge in [0.25, 0.3) is 5.91 Å². The molecule has 4 heteroatoms. The van der Waals surface area contributed by atoms with Gasteiger partial charge in [-0.15, -0.1) is 0 Å². The molecule has 3 nitrogen and oxygen atoms in total. The molecule has 0 aromatic heterocycles. The van der Waals surface area contributed by atoms with Gasteiger partial charge in [0.15, 0.2) is 0 Å². The molecule has 21 heavy (non-hydrogen) atoms. The van der Waals surface area contributed by atoms with E-state index in [1.54, 1.807) is 12.1 Å². The zero-order valence-corrected chi connectivity index (χ0v) is 14.0. The lowest BCUT2D eigenvalue weighted by molar-refractivity contribution is 0.0623. The van der Waals surface area contributed by atoms with Crippen molar-refractivity contribution in [1.82, 2.24) is 9.80 Å². The number of hydrogen-bond donors (Lipinski definition) is 0. The Morgan fingerprint density at radius 3 is 2.33 bits per heavy atom. The summed E-state index contributed by atoms with van der Waals surface area (Å²) in [6.07, 6.45) is 1.19. The molecule has 1 aliphatic rings. The summed E-state index contributed by atoms with van der Waals surface area (Å²) in [6, 6.07) is 7.28. The monoisotopic (exact) mass is 308 g/mol. The SMILES string of the molecule is CC(C)(C)CCN1CCN(C(=O)c2ccccc2Cl)CC1. The Morgan fingerprint density at radius 1 is 1.14 bits per heavy atom. The molecule has 0 saturated carbocycles. The molecule has 1 heterocycles. The second-order valence-corrected chi connectivity index (χ2v) is 7.33. The van der Waals surface area contributed by atoms with E-state index in [2.05, 4.69) is 25.7 Å². The van der Waals surface area contributed by atoms with Gasteiger partial charge in [-0.25, -0.2) is 0 Å². The minimum atomic E-state index is 0.0519. The fourth-order valence-corrected chi connectivity index (χ4v) is 2.69. The third-order valence-corrected chi connectivity index (χ3v) is 4.27. The lowest BCUT2D eigenvalue weighted by Gasteiger charge is -2.36. The fourth-order valence-electron chi connectivity index (χ4n) is 2.47. The van der Waals surface area contributed by atoms with E-state index in [1.165, 1.54) is 6.42 Å². The van der Waals surface area contributed by atoms with E-state index in [9.17, 15) is 4.79 Å². The lowest BCUT2D eigenvalue weighted by atomic mass is 9.92. The molecule has 2 rings (SSSR count). The van der Waals surface area contributed by atoms with Crippen LogP contribution in [0, 0.1) is 5.41 Å². The standard InChI is InChI=1S/C17H25ClN2O/c1-17(2,3)8-9-19-10-12-20(13-11-19)16(21)14-6-4-5-7-15(14)18/h4-7H,8-13H2,1-3H3. The largest absolute Gasteiger partial charge is 0.336 e. The van der Waals surface area contributed by atoms with E-state index in [4.69, 9.17) is 11.6 Å². The molecule has 1 aliphatic heterocycles. The maximum Gasteiger partial charge on any atom is 0.255 e. The number of hydrogen-bond acceptors (Lipinski definition) is 2. The van der Waals surface area contributed by atoms with Crippen LogP contribution in [0.2, 0.25) is 5.02 Å². The van der Waals surface area contributed by atoms with Gasteiger partial charge in [0, 0.05) is 26.2 Å². The number of nitrogens with zero attached hydrogens (tertiary/aromatic N) is 2. The topological polar surface area (TPSA) is 23.6 Å². The number of halogens is 1. The normalized spacial score (nSPS) is 17.0. The van der Waals surface area contributed by atoms with Gasteiger partial charge < -0.3 is 4.90 Å². The van der Waals surface area contributed by atoms with Crippen molar-refractivity contribution in [3.8, 4) is 0 Å². The van der Waals surface area contributed by atoms with Crippen LogP contribution in [0.3, 0.4) is 0 Å². The molecule has 0 N–H and O–H groups in total. The molecule has 0 aliphatic carbocycles. The van der Waals surface area contributed by atoms with Crippen LogP contribution in [-0.4, -0.2) is 48.4 Å². The first-order chi connectivity index (χ1) is 9.87. The van der Waals surface area contributed by atoms with Crippen molar-refractivity contribution >= 4 is 17.5 Å². The number of carbonyl (C=O) groups excluding carboxylic acids is 1. The van der Waals surface area contributed by atoms with Crippen LogP contribution in [0.15, 0.2) is 24.3 Å². The second kappa shape index (κ2) is 6.80. The van der Waals surface area contributed by atoms with E-state index < -0.39 is 0 Å². The third kappa shape index (κ3) is 4.72. The van der Waals surface area contributed by atoms with Gasteiger partial charge in [-0.05, 0) is 30.5 Å². The van der Waals surface area contributed by atoms with Gasteiger partial charge >= 0.3 is 0 Å². The molecule has 1 aromatic rings. The first-order valence-corrected chi connectivity index (χ1v) is 8.01. The zero-order chi connectivity index (χ0) is 15.5. The van der Waals surface area contributed by atoms with Gasteiger partial charge in [0.2, 0.25) is 0 Å². The third-order valence-electron chi connectivity index (χ3n) is 3.94. The highest BCUT2D eigenvalue weighted by molar-refractivity contribution is 6.33. The van der Waals surface area contributed by atoms with Gasteiger partial charge in [-0.1, -0.05) is 44.5 Å². The highest BCUT2D eigenvalue weighted by Gasteiger charge is 2.24. The van der Waals surface area contributed by atoms with Crippen LogP contribution in [0.1, 0.15) is 37.6 Å². The molecule has 0 radical (unpaired) electrons. The average Bonchev–Trinajstić information content (AvgIpc) is 2.45. The first-order valence-electron chi connectivity index (χ1n) is 7.63. The van der Waals surface area contributed by atoms with E-state index in [-0.39, 0.29) is 5.91 Å². The number of benzene rings is 1. The Hall–Kier alpha value is -1.06. The Morgan fingerprint density at radius 2 is 1.76 bits per heavy atom. The first kappa shape index (κ1) is 16.3. The van der Waals surface area contributed by atoms with E-state index in [0.29, 0.717) is 16.0 Å². The van der Waals surface area contributed by atoms with Crippen molar-refractivity contribution in [2.75, 3.05) is 32.7 Å². The van der Waals surface area contributed by atoms with Crippen molar-refractivity contribution in [3.63, 3.8) is 0 Å². The highest BCUT2D eigenvalue weighted by atomic mass is 35.5. The molecule has 0 unspecified atom stereocenters. The molecule has 0 spiro atoms. The van der Waals surface area contributed by atoms with Crippen LogP contribution in [0.5, 0.6) is 0 Å².